The van der Waals surface area contributed by atoms with Gasteiger partial charge in [-0.15, -0.1) is 0 Å². The van der Waals surface area contributed by atoms with Crippen LogP contribution in [0.3, 0.4) is 0 Å². The maximum Gasteiger partial charge on any atom is 0.292 e. The van der Waals surface area contributed by atoms with Crippen LogP contribution in [0.15, 0.2) is 24.4 Å². The van der Waals surface area contributed by atoms with Crippen LogP contribution in [-0.2, 0) is 6.54 Å². The summed E-state index contributed by atoms with van der Waals surface area (Å²) in [5.74, 6) is 0. The first-order valence-corrected chi connectivity index (χ1v) is 6.04. The minimum Gasteiger partial charge on any atom is -0.382 e. The molecule has 0 unspecified atom stereocenters. The van der Waals surface area contributed by atoms with E-state index in [0.29, 0.717) is 17.3 Å². The number of rotatable bonds is 4. The highest BCUT2D eigenvalue weighted by molar-refractivity contribution is 6.31. The zero-order chi connectivity index (χ0) is 14.0. The maximum atomic E-state index is 11.0. The van der Waals surface area contributed by atoms with E-state index in [2.05, 4.69) is 10.4 Å². The van der Waals surface area contributed by atoms with Crippen molar-refractivity contribution in [3.8, 4) is 0 Å². The Morgan fingerprint density at radius 1 is 1.53 bits per heavy atom. The molecule has 0 aliphatic heterocycles. The van der Waals surface area contributed by atoms with Gasteiger partial charge in [-0.3, -0.25) is 14.8 Å². The third-order valence-electron chi connectivity index (χ3n) is 2.94. The Morgan fingerprint density at radius 2 is 2.26 bits per heavy atom. The minimum atomic E-state index is -0.405. The van der Waals surface area contributed by atoms with Gasteiger partial charge in [-0.25, -0.2) is 0 Å². The number of halogens is 1. The van der Waals surface area contributed by atoms with E-state index in [1.807, 2.05) is 13.0 Å². The normalized spacial score (nSPS) is 10.5. The predicted octanol–water partition coefficient (Wildman–Crippen LogP) is 2.84. The Morgan fingerprint density at radius 3 is 2.79 bits per heavy atom. The second-order valence-electron chi connectivity index (χ2n) is 4.05. The van der Waals surface area contributed by atoms with Crippen molar-refractivity contribution in [3.05, 3.63) is 50.8 Å². The molecule has 2 aromatic rings. The molecule has 0 amide bonds. The molecular formula is C12H13ClN4O2. The van der Waals surface area contributed by atoms with E-state index >= 15 is 0 Å². The van der Waals surface area contributed by atoms with E-state index in [1.165, 1.54) is 6.07 Å². The van der Waals surface area contributed by atoms with Crippen LogP contribution in [0.1, 0.15) is 11.3 Å². The van der Waals surface area contributed by atoms with Gasteiger partial charge >= 0.3 is 0 Å². The Hall–Kier alpha value is -2.08. The van der Waals surface area contributed by atoms with Gasteiger partial charge in [0.2, 0.25) is 0 Å². The van der Waals surface area contributed by atoms with Gasteiger partial charge in [0.15, 0.2) is 0 Å². The first kappa shape index (κ1) is 13.4. The van der Waals surface area contributed by atoms with E-state index in [0.717, 1.165) is 11.3 Å². The molecule has 1 aromatic carbocycles. The number of hydrogen-bond donors (Lipinski definition) is 1. The second kappa shape index (κ2) is 5.27. The molecule has 0 aliphatic carbocycles. The van der Waals surface area contributed by atoms with Gasteiger partial charge in [0.1, 0.15) is 5.69 Å². The van der Waals surface area contributed by atoms with Crippen molar-refractivity contribution >= 4 is 23.0 Å². The molecule has 0 atom stereocenters. The lowest BCUT2D eigenvalue weighted by atomic mass is 10.1. The van der Waals surface area contributed by atoms with Crippen molar-refractivity contribution in [1.29, 1.82) is 0 Å². The van der Waals surface area contributed by atoms with E-state index in [4.69, 9.17) is 11.6 Å². The standard InChI is InChI=1S/C12H13ClN4O2/c1-8-10(13)6-15-16(8)7-9-4-3-5-11(17(18)19)12(9)14-2/h3-6,14H,7H2,1-2H3. The average molecular weight is 281 g/mol. The van der Waals surface area contributed by atoms with Gasteiger partial charge in [0, 0.05) is 18.7 Å². The summed E-state index contributed by atoms with van der Waals surface area (Å²) in [6, 6.07) is 4.96. The number of anilines is 1. The summed E-state index contributed by atoms with van der Waals surface area (Å²) in [5.41, 5.74) is 2.17. The minimum absolute atomic E-state index is 0.0518. The van der Waals surface area contributed by atoms with Crippen molar-refractivity contribution in [3.63, 3.8) is 0 Å². The van der Waals surface area contributed by atoms with E-state index in [-0.39, 0.29) is 5.69 Å². The number of nitro groups is 1. The molecule has 1 N–H and O–H groups in total. The van der Waals surface area contributed by atoms with Crippen molar-refractivity contribution in [1.82, 2.24) is 9.78 Å². The summed E-state index contributed by atoms with van der Waals surface area (Å²) in [6.45, 7) is 2.28. The summed E-state index contributed by atoms with van der Waals surface area (Å²) in [5, 5.41) is 18.6. The first-order chi connectivity index (χ1) is 9.04. The highest BCUT2D eigenvalue weighted by Gasteiger charge is 2.17. The van der Waals surface area contributed by atoms with Gasteiger partial charge in [-0.05, 0) is 6.92 Å². The maximum absolute atomic E-state index is 11.0. The van der Waals surface area contributed by atoms with E-state index in [1.54, 1.807) is 24.0 Å². The number of nitrogens with zero attached hydrogens (tertiary/aromatic N) is 3. The lowest BCUT2D eigenvalue weighted by Crippen LogP contribution is -2.07. The third kappa shape index (κ3) is 2.53. The molecule has 0 fully saturated rings. The molecule has 1 aromatic heterocycles. The Kier molecular flexibility index (Phi) is 3.71. The van der Waals surface area contributed by atoms with Crippen LogP contribution in [0.5, 0.6) is 0 Å². The van der Waals surface area contributed by atoms with Crippen LogP contribution in [0.2, 0.25) is 5.02 Å². The number of aromatic nitrogens is 2. The van der Waals surface area contributed by atoms with Gasteiger partial charge in [-0.2, -0.15) is 5.10 Å². The van der Waals surface area contributed by atoms with Gasteiger partial charge in [0.25, 0.3) is 5.69 Å². The monoisotopic (exact) mass is 280 g/mol. The average Bonchev–Trinajstić information content (AvgIpc) is 2.70. The molecule has 0 radical (unpaired) electrons. The van der Waals surface area contributed by atoms with Crippen molar-refractivity contribution < 1.29 is 4.92 Å². The van der Waals surface area contributed by atoms with Crippen molar-refractivity contribution in [2.75, 3.05) is 12.4 Å². The molecule has 7 heteroatoms. The van der Waals surface area contributed by atoms with E-state index < -0.39 is 4.92 Å². The summed E-state index contributed by atoms with van der Waals surface area (Å²) >= 11 is 5.94. The second-order valence-corrected chi connectivity index (χ2v) is 4.46. The number of nitro benzene ring substituents is 1. The van der Waals surface area contributed by atoms with Gasteiger partial charge < -0.3 is 5.32 Å². The van der Waals surface area contributed by atoms with Crippen LogP contribution in [-0.4, -0.2) is 21.8 Å². The molecule has 6 nitrogen and oxygen atoms in total. The van der Waals surface area contributed by atoms with Crippen LogP contribution >= 0.6 is 11.6 Å². The number of hydrogen-bond acceptors (Lipinski definition) is 4. The predicted molar refractivity (Wildman–Crippen MR) is 73.7 cm³/mol. The number of nitrogens with one attached hydrogen (secondary N) is 1. The molecule has 2 rings (SSSR count). The van der Waals surface area contributed by atoms with Crippen molar-refractivity contribution in [2.24, 2.45) is 0 Å². The topological polar surface area (TPSA) is 73.0 Å². The molecule has 0 aliphatic rings. The largest absolute Gasteiger partial charge is 0.382 e. The van der Waals surface area contributed by atoms with Gasteiger partial charge in [0.05, 0.1) is 28.4 Å². The lowest BCUT2D eigenvalue weighted by molar-refractivity contribution is -0.384. The molecule has 19 heavy (non-hydrogen) atoms. The third-order valence-corrected chi connectivity index (χ3v) is 3.31. The molecule has 0 spiro atoms. The SMILES string of the molecule is CNc1c(Cn2ncc(Cl)c2C)cccc1[N+](=O)[O-]. The van der Waals surface area contributed by atoms with Crippen LogP contribution in [0.4, 0.5) is 11.4 Å². The van der Waals surface area contributed by atoms with E-state index in [9.17, 15) is 10.1 Å². The summed E-state index contributed by atoms with van der Waals surface area (Å²) < 4.78 is 1.71. The van der Waals surface area contributed by atoms with Gasteiger partial charge in [-0.1, -0.05) is 23.7 Å². The molecular weight excluding hydrogens is 268 g/mol. The molecule has 100 valence electrons. The summed E-state index contributed by atoms with van der Waals surface area (Å²) in [4.78, 5) is 10.6. The zero-order valence-corrected chi connectivity index (χ0v) is 11.3. The lowest BCUT2D eigenvalue weighted by Gasteiger charge is -2.10. The molecule has 0 saturated heterocycles. The van der Waals surface area contributed by atoms with Crippen LogP contribution < -0.4 is 5.32 Å². The highest BCUT2D eigenvalue weighted by Crippen LogP contribution is 2.28. The summed E-state index contributed by atoms with van der Waals surface area (Å²) in [7, 11) is 1.66. The zero-order valence-electron chi connectivity index (χ0n) is 10.6. The van der Waals surface area contributed by atoms with Crippen molar-refractivity contribution in [2.45, 2.75) is 13.5 Å². The number of para-hydroxylation sites is 1. The Labute approximate surface area is 115 Å². The van der Waals surface area contributed by atoms with Crippen LogP contribution in [0.25, 0.3) is 0 Å². The fraction of sp³-hybridized carbons (Fsp3) is 0.250. The number of benzene rings is 1. The molecule has 0 saturated carbocycles. The Balaban J connectivity index is 2.43. The fourth-order valence-corrected chi connectivity index (χ4v) is 2.04. The Bertz CT molecular complexity index is 624. The first-order valence-electron chi connectivity index (χ1n) is 5.66. The molecule has 0 bridgehead atoms. The smallest absolute Gasteiger partial charge is 0.292 e. The van der Waals surface area contributed by atoms with Crippen LogP contribution in [0, 0.1) is 17.0 Å². The highest BCUT2D eigenvalue weighted by atomic mass is 35.5. The molecule has 1 heterocycles. The quantitative estimate of drug-likeness (QED) is 0.690. The summed E-state index contributed by atoms with van der Waals surface area (Å²) in [6.07, 6.45) is 1.56. The fourth-order valence-electron chi connectivity index (χ4n) is 1.90.